The van der Waals surface area contributed by atoms with Gasteiger partial charge in [0.15, 0.2) is 5.69 Å². The molecular weight excluding hydrogens is 825 g/mol. The fourth-order valence-corrected chi connectivity index (χ4v) is 9.71. The maximum atomic E-state index is 9.89. The molecule has 10 aromatic rings. The Morgan fingerprint density at radius 1 is 0.426 bits per heavy atom. The minimum Gasteiger partial charge on any atom is -0.310 e. The van der Waals surface area contributed by atoms with Crippen LogP contribution in [0.1, 0.15) is 69.4 Å². The van der Waals surface area contributed by atoms with E-state index in [4.69, 9.17) is 6.57 Å². The number of rotatable bonds is 8. The van der Waals surface area contributed by atoms with Crippen molar-refractivity contribution >= 4 is 72.1 Å². The third-order valence-corrected chi connectivity index (χ3v) is 13.5. The van der Waals surface area contributed by atoms with E-state index in [1.807, 2.05) is 24.3 Å². The Bertz CT molecular complexity index is 3320. The molecule has 0 saturated carbocycles. The molecule has 0 atom stereocenters. The first kappa shape index (κ1) is 43.7. The van der Waals surface area contributed by atoms with Crippen molar-refractivity contribution in [2.45, 2.75) is 66.2 Å². The summed E-state index contributed by atoms with van der Waals surface area (Å²) in [5.41, 5.74) is 16.8. The highest BCUT2D eigenvalue weighted by atomic mass is 15.1. The second kappa shape index (κ2) is 16.9. The molecule has 0 unspecified atom stereocenters. The lowest BCUT2D eigenvalue weighted by atomic mass is 9.84. The quantitative estimate of drug-likeness (QED) is 0.113. The first-order valence-corrected chi connectivity index (χ1v) is 23.4. The highest BCUT2D eigenvalue weighted by Crippen LogP contribution is 2.52. The molecule has 0 spiro atoms. The standard InChI is InChI=1S/C64H54N4/c1-41-10-26-49(27-11-41)67(51-30-20-46(21-31-51)63(3,4)5)59-38-57(44-16-14-43(40-65)15-17-44)53-34-36-56-60(68(50-28-12-42(2)13-29-50)52-32-22-47(23-33-52)64(6,7)8)39-58(45-18-24-48(66-9)25-19-45)54-35-37-55(59)61(53)62(54)56/h10-39H,1-8H3. The van der Waals surface area contributed by atoms with Crippen LogP contribution in [0.4, 0.5) is 39.8 Å². The molecule has 0 radical (unpaired) electrons. The molecule has 0 aliphatic carbocycles. The molecule has 68 heavy (non-hydrogen) atoms. The van der Waals surface area contributed by atoms with Crippen molar-refractivity contribution in [2.24, 2.45) is 0 Å². The maximum Gasteiger partial charge on any atom is 0.187 e. The van der Waals surface area contributed by atoms with Crippen molar-refractivity contribution in [2.75, 3.05) is 9.80 Å². The summed E-state index contributed by atoms with van der Waals surface area (Å²) >= 11 is 0. The molecule has 0 aliphatic rings. The van der Waals surface area contributed by atoms with E-state index >= 15 is 0 Å². The molecule has 0 aliphatic heterocycles. The molecule has 4 nitrogen and oxygen atoms in total. The number of nitriles is 1. The topological polar surface area (TPSA) is 34.6 Å². The Morgan fingerprint density at radius 2 is 0.765 bits per heavy atom. The maximum absolute atomic E-state index is 9.89. The largest absolute Gasteiger partial charge is 0.310 e. The van der Waals surface area contributed by atoms with Gasteiger partial charge in [-0.2, -0.15) is 5.26 Å². The molecule has 10 rings (SSSR count). The molecular formula is C64H54N4. The van der Waals surface area contributed by atoms with E-state index in [9.17, 15) is 5.26 Å². The Kier molecular flexibility index (Phi) is 10.9. The van der Waals surface area contributed by atoms with Crippen molar-refractivity contribution in [1.29, 1.82) is 5.26 Å². The Balaban J connectivity index is 1.36. The van der Waals surface area contributed by atoms with Crippen LogP contribution in [0.5, 0.6) is 0 Å². The average Bonchev–Trinajstić information content (AvgIpc) is 3.35. The van der Waals surface area contributed by atoms with Crippen LogP contribution in [-0.2, 0) is 10.8 Å². The molecule has 0 heterocycles. The highest BCUT2D eigenvalue weighted by molar-refractivity contribution is 6.32. The first-order chi connectivity index (χ1) is 32.7. The summed E-state index contributed by atoms with van der Waals surface area (Å²) < 4.78 is 0. The second-order valence-corrected chi connectivity index (χ2v) is 20.2. The smallest absolute Gasteiger partial charge is 0.187 e. The number of hydrogen-bond donors (Lipinski definition) is 0. The summed E-state index contributed by atoms with van der Waals surface area (Å²) in [6.45, 7) is 25.6. The van der Waals surface area contributed by atoms with Crippen LogP contribution < -0.4 is 9.80 Å². The van der Waals surface area contributed by atoms with Crippen molar-refractivity contribution in [3.05, 3.63) is 221 Å². The van der Waals surface area contributed by atoms with Crippen LogP contribution in [0.15, 0.2) is 182 Å². The Labute approximate surface area is 401 Å². The summed E-state index contributed by atoms with van der Waals surface area (Å²) in [4.78, 5) is 8.57. The Hall–Kier alpha value is -8.18. The van der Waals surface area contributed by atoms with Gasteiger partial charge >= 0.3 is 0 Å². The molecule has 4 heteroatoms. The van der Waals surface area contributed by atoms with Gasteiger partial charge in [0.1, 0.15) is 0 Å². The van der Waals surface area contributed by atoms with Crippen LogP contribution >= 0.6 is 0 Å². The minimum atomic E-state index is -0.00419. The van der Waals surface area contributed by atoms with Gasteiger partial charge < -0.3 is 9.80 Å². The number of nitrogens with zero attached hydrogens (tertiary/aromatic N) is 4. The lowest BCUT2D eigenvalue weighted by Crippen LogP contribution is -2.14. The van der Waals surface area contributed by atoms with E-state index in [1.165, 1.54) is 22.3 Å². The SMILES string of the molecule is [C-]#[N+]c1ccc(-c2cc(N(c3ccc(C)cc3)c3ccc(C(C)(C)C)cc3)c3ccc4c(-c5ccc(C#N)cc5)cc(N(c5ccc(C)cc5)c5ccc(C(C)(C)C)cc5)c5ccc2c3c45)cc1. The number of hydrogen-bond acceptors (Lipinski definition) is 3. The van der Waals surface area contributed by atoms with Crippen molar-refractivity contribution < 1.29 is 0 Å². The number of anilines is 6. The summed E-state index contributed by atoms with van der Waals surface area (Å²) in [6.07, 6.45) is 0. The van der Waals surface area contributed by atoms with E-state index < -0.39 is 0 Å². The molecule has 10 aromatic carbocycles. The number of aryl methyl sites for hydroxylation is 2. The summed E-state index contributed by atoms with van der Waals surface area (Å²) in [7, 11) is 0. The predicted molar refractivity (Wildman–Crippen MR) is 288 cm³/mol. The van der Waals surface area contributed by atoms with Gasteiger partial charge in [0, 0.05) is 44.3 Å². The average molecular weight is 879 g/mol. The van der Waals surface area contributed by atoms with E-state index in [0.29, 0.717) is 11.3 Å². The summed E-state index contributed by atoms with van der Waals surface area (Å²) in [5, 5.41) is 16.7. The zero-order valence-corrected chi connectivity index (χ0v) is 40.1. The third-order valence-electron chi connectivity index (χ3n) is 13.5. The molecule has 0 amide bonds. The van der Waals surface area contributed by atoms with Crippen LogP contribution in [0.3, 0.4) is 0 Å². The molecule has 0 bridgehead atoms. The van der Waals surface area contributed by atoms with Gasteiger partial charge in [-0.25, -0.2) is 4.85 Å². The van der Waals surface area contributed by atoms with Gasteiger partial charge in [-0.3, -0.25) is 0 Å². The zero-order valence-electron chi connectivity index (χ0n) is 40.1. The first-order valence-electron chi connectivity index (χ1n) is 23.4. The van der Waals surface area contributed by atoms with Gasteiger partial charge in [-0.1, -0.05) is 162 Å². The highest BCUT2D eigenvalue weighted by Gasteiger charge is 2.27. The fraction of sp³-hybridized carbons (Fsp3) is 0.156. The normalized spacial score (nSPS) is 11.8. The van der Waals surface area contributed by atoms with Crippen molar-refractivity contribution in [3.63, 3.8) is 0 Å². The lowest BCUT2D eigenvalue weighted by molar-refractivity contribution is 0.590. The lowest BCUT2D eigenvalue weighted by Gasteiger charge is -2.31. The van der Waals surface area contributed by atoms with Gasteiger partial charge in [-0.15, -0.1) is 0 Å². The van der Waals surface area contributed by atoms with Crippen molar-refractivity contribution in [1.82, 2.24) is 0 Å². The van der Waals surface area contributed by atoms with Crippen LogP contribution in [0.25, 0.3) is 59.4 Å². The van der Waals surface area contributed by atoms with Gasteiger partial charge in [-0.05, 0) is 142 Å². The third kappa shape index (κ3) is 7.89. The van der Waals surface area contributed by atoms with Crippen molar-refractivity contribution in [3.8, 4) is 28.3 Å². The van der Waals surface area contributed by atoms with Gasteiger partial charge in [0.05, 0.1) is 29.6 Å². The second-order valence-electron chi connectivity index (χ2n) is 20.2. The number of benzene rings is 10. The predicted octanol–water partition coefficient (Wildman–Crippen LogP) is 18.5. The van der Waals surface area contributed by atoms with Gasteiger partial charge in [0.2, 0.25) is 0 Å². The monoisotopic (exact) mass is 878 g/mol. The zero-order chi connectivity index (χ0) is 47.5. The molecule has 0 aromatic heterocycles. The van der Waals surface area contributed by atoms with E-state index in [1.54, 1.807) is 0 Å². The van der Waals surface area contributed by atoms with Gasteiger partial charge in [0.25, 0.3) is 0 Å². The van der Waals surface area contributed by atoms with Crippen LogP contribution in [0, 0.1) is 31.8 Å². The van der Waals surface area contributed by atoms with Crippen LogP contribution in [-0.4, -0.2) is 0 Å². The van der Waals surface area contributed by atoms with E-state index in [0.717, 1.165) is 88.7 Å². The Morgan fingerprint density at radius 3 is 1.10 bits per heavy atom. The molecule has 330 valence electrons. The fourth-order valence-electron chi connectivity index (χ4n) is 9.71. The van der Waals surface area contributed by atoms with E-state index in [-0.39, 0.29) is 10.8 Å². The summed E-state index contributed by atoms with van der Waals surface area (Å²) in [6, 6.07) is 68.0. The minimum absolute atomic E-state index is 0.00365. The molecule has 0 saturated heterocycles. The molecule has 0 N–H and O–H groups in total. The summed E-state index contributed by atoms with van der Waals surface area (Å²) in [5.74, 6) is 0. The van der Waals surface area contributed by atoms with E-state index in [2.05, 4.69) is 234 Å². The molecule has 0 fully saturated rings. The van der Waals surface area contributed by atoms with Crippen LogP contribution in [0.2, 0.25) is 0 Å².